The number of aliphatic hydroxyl groups excluding tert-OH is 1. The average Bonchev–Trinajstić information content (AvgIpc) is 2.81. The highest BCUT2D eigenvalue weighted by atomic mass is 16.6. The molecule has 8 nitrogen and oxygen atoms in total. The minimum atomic E-state index is -2.27. The fourth-order valence-electron chi connectivity index (χ4n) is 7.95. The van der Waals surface area contributed by atoms with Crippen molar-refractivity contribution in [1.82, 2.24) is 0 Å². The number of carbonyl (C=O) groups excluding carboxylic acids is 3. The summed E-state index contributed by atoms with van der Waals surface area (Å²) in [6.07, 6.45) is -0.648. The van der Waals surface area contributed by atoms with Crippen molar-refractivity contribution in [2.75, 3.05) is 13.2 Å². The Kier molecular flexibility index (Phi) is 3.92. The Morgan fingerprint density at radius 1 is 1.33 bits per heavy atom. The highest BCUT2D eigenvalue weighted by molar-refractivity contribution is 6.06. The lowest BCUT2D eigenvalue weighted by molar-refractivity contribution is -0.437. The monoisotopic (exact) mass is 419 g/mol. The van der Waals surface area contributed by atoms with Gasteiger partial charge in [0.15, 0.2) is 5.78 Å². The predicted octanol–water partition coefficient (Wildman–Crippen LogP) is 0.0934. The quantitative estimate of drug-likeness (QED) is 0.423. The van der Waals surface area contributed by atoms with E-state index < -0.39 is 63.7 Å². The van der Waals surface area contributed by atoms with Crippen LogP contribution in [0.2, 0.25) is 0 Å². The fraction of sp³-hybridized carbons (Fsp3) is 0.773. The second-order valence-electron chi connectivity index (χ2n) is 10.4. The Balaban J connectivity index is 1.78. The summed E-state index contributed by atoms with van der Waals surface area (Å²) in [7, 11) is 0. The summed E-state index contributed by atoms with van der Waals surface area (Å²) >= 11 is 0. The summed E-state index contributed by atoms with van der Waals surface area (Å²) in [6, 6.07) is 0. The number of hydrogen-bond acceptors (Lipinski definition) is 8. The number of Topliss-reactive ketones (excluding diaryl/α,β-unsaturated/α-hetero) is 2. The summed E-state index contributed by atoms with van der Waals surface area (Å²) in [6.45, 7) is 7.46. The van der Waals surface area contributed by atoms with E-state index in [4.69, 9.17) is 15.2 Å². The third-order valence-electron chi connectivity index (χ3n) is 9.04. The molecule has 0 unspecified atom stereocenters. The summed E-state index contributed by atoms with van der Waals surface area (Å²) in [5, 5.41) is 23.4. The first-order chi connectivity index (χ1) is 14.0. The van der Waals surface area contributed by atoms with Crippen LogP contribution in [0.5, 0.6) is 0 Å². The molecule has 4 N–H and O–H groups in total. The van der Waals surface area contributed by atoms with Crippen LogP contribution in [0, 0.1) is 34.0 Å². The molecule has 2 aliphatic heterocycles. The molecule has 6 rings (SSSR count). The number of fused-ring (bicyclic) bond motifs is 2. The van der Waals surface area contributed by atoms with E-state index in [1.54, 1.807) is 0 Å². The van der Waals surface area contributed by atoms with E-state index in [-0.39, 0.29) is 24.5 Å². The molecule has 0 amide bonds. The molecule has 8 atom stereocenters. The minimum absolute atomic E-state index is 0.0512. The minimum Gasteiger partial charge on any atom is -0.459 e. The number of aliphatic hydroxyl groups is 2. The SMILES string of the molecule is C=C1C(=O)[C@]23[C@H](OC(=O)CN)[C@@H]1CC[C@H]2[C@@]12CO[C@]3(O)[C@@H](O)[C@@H]1C(C)(C)CCC2=O. The number of ketones is 2. The lowest BCUT2D eigenvalue weighted by atomic mass is 9.36. The summed E-state index contributed by atoms with van der Waals surface area (Å²) in [5.41, 5.74) is 2.39. The number of rotatable bonds is 2. The van der Waals surface area contributed by atoms with Crippen molar-refractivity contribution in [2.45, 2.75) is 57.5 Å². The van der Waals surface area contributed by atoms with Crippen molar-refractivity contribution in [1.29, 1.82) is 0 Å². The van der Waals surface area contributed by atoms with E-state index in [9.17, 15) is 24.6 Å². The van der Waals surface area contributed by atoms with Gasteiger partial charge in [0.2, 0.25) is 5.79 Å². The Morgan fingerprint density at radius 2 is 2.03 bits per heavy atom. The number of carbonyl (C=O) groups is 3. The second kappa shape index (κ2) is 5.79. The van der Waals surface area contributed by atoms with Crippen LogP contribution in [0.3, 0.4) is 0 Å². The Labute approximate surface area is 174 Å². The summed E-state index contributed by atoms with van der Waals surface area (Å²) in [4.78, 5) is 39.4. The largest absolute Gasteiger partial charge is 0.459 e. The summed E-state index contributed by atoms with van der Waals surface area (Å²) < 4.78 is 11.5. The molecule has 2 heterocycles. The fourth-order valence-corrected chi connectivity index (χ4v) is 7.95. The van der Waals surface area contributed by atoms with Gasteiger partial charge < -0.3 is 25.4 Å². The number of nitrogens with two attached hydrogens (primary N) is 1. The first kappa shape index (κ1) is 20.3. The molecule has 164 valence electrons. The van der Waals surface area contributed by atoms with Gasteiger partial charge in [-0.05, 0) is 36.2 Å². The van der Waals surface area contributed by atoms with E-state index in [1.165, 1.54) is 0 Å². The molecule has 0 radical (unpaired) electrons. The van der Waals surface area contributed by atoms with Crippen molar-refractivity contribution in [3.63, 3.8) is 0 Å². The van der Waals surface area contributed by atoms with Gasteiger partial charge in [-0.15, -0.1) is 0 Å². The van der Waals surface area contributed by atoms with E-state index in [0.29, 0.717) is 25.7 Å². The third kappa shape index (κ3) is 1.87. The predicted molar refractivity (Wildman–Crippen MR) is 103 cm³/mol. The topological polar surface area (TPSA) is 136 Å². The van der Waals surface area contributed by atoms with Crippen LogP contribution in [0.1, 0.15) is 39.5 Å². The average molecular weight is 419 g/mol. The molecule has 2 spiro atoms. The molecule has 2 saturated heterocycles. The normalized spacial score (nSPS) is 50.8. The molecule has 8 heteroatoms. The van der Waals surface area contributed by atoms with Gasteiger partial charge in [-0.2, -0.15) is 0 Å². The van der Waals surface area contributed by atoms with Crippen LogP contribution in [0.15, 0.2) is 12.2 Å². The molecule has 0 aromatic rings. The number of hydrogen-bond donors (Lipinski definition) is 3. The standard InChI is InChI=1S/C22H29NO7/c1-10-11-4-5-12-20-9-29-22(28,17(27)15(20)19(2,3)7-6-13(20)24)21(12,16(10)26)18(11)30-14(25)8-23/h11-12,15,17-18,27-28H,1,4-9,23H2,2-3H3/t11-,12+,15-,17+,18-,20-,21+,22-/m1/s1. The van der Waals surface area contributed by atoms with Gasteiger partial charge >= 0.3 is 5.97 Å². The molecule has 4 aliphatic carbocycles. The Bertz CT molecular complexity index is 883. The molecule has 4 saturated carbocycles. The number of esters is 1. The van der Waals surface area contributed by atoms with E-state index in [0.717, 1.165) is 0 Å². The van der Waals surface area contributed by atoms with Crippen LogP contribution in [-0.2, 0) is 23.9 Å². The smallest absolute Gasteiger partial charge is 0.320 e. The zero-order chi connectivity index (χ0) is 21.9. The Hall–Kier alpha value is -1.61. The van der Waals surface area contributed by atoms with Crippen molar-refractivity contribution < 1.29 is 34.1 Å². The Morgan fingerprint density at radius 3 is 2.70 bits per heavy atom. The van der Waals surface area contributed by atoms with Gasteiger partial charge in [0.25, 0.3) is 0 Å². The van der Waals surface area contributed by atoms with Crippen molar-refractivity contribution in [2.24, 2.45) is 39.7 Å². The van der Waals surface area contributed by atoms with E-state index in [1.807, 2.05) is 13.8 Å². The molecule has 6 aliphatic rings. The van der Waals surface area contributed by atoms with E-state index >= 15 is 0 Å². The maximum Gasteiger partial charge on any atom is 0.320 e. The lowest BCUT2D eigenvalue weighted by Gasteiger charge is -2.72. The number of ether oxygens (including phenoxy) is 2. The van der Waals surface area contributed by atoms with Gasteiger partial charge in [0, 0.05) is 18.3 Å². The highest BCUT2D eigenvalue weighted by Crippen LogP contribution is 2.76. The van der Waals surface area contributed by atoms with Gasteiger partial charge in [-0.25, -0.2) is 0 Å². The first-order valence-electron chi connectivity index (χ1n) is 10.7. The van der Waals surface area contributed by atoms with Gasteiger partial charge in [-0.1, -0.05) is 20.4 Å². The van der Waals surface area contributed by atoms with Gasteiger partial charge in [0.1, 0.15) is 23.4 Å². The van der Waals surface area contributed by atoms with Crippen LogP contribution in [-0.4, -0.2) is 58.9 Å². The van der Waals surface area contributed by atoms with Crippen molar-refractivity contribution >= 4 is 17.5 Å². The molecule has 30 heavy (non-hydrogen) atoms. The summed E-state index contributed by atoms with van der Waals surface area (Å²) in [5.74, 6) is -5.17. The van der Waals surface area contributed by atoms with Crippen molar-refractivity contribution in [3.8, 4) is 0 Å². The molecule has 6 fully saturated rings. The molecular formula is C22H29NO7. The van der Waals surface area contributed by atoms with Crippen LogP contribution in [0.4, 0.5) is 0 Å². The van der Waals surface area contributed by atoms with Gasteiger partial charge in [-0.3, -0.25) is 14.4 Å². The van der Waals surface area contributed by atoms with Gasteiger partial charge in [0.05, 0.1) is 18.6 Å². The lowest BCUT2D eigenvalue weighted by Crippen LogP contribution is -2.85. The second-order valence-corrected chi connectivity index (χ2v) is 10.4. The maximum absolute atomic E-state index is 13.7. The molecule has 0 aromatic carbocycles. The maximum atomic E-state index is 13.7. The first-order valence-corrected chi connectivity index (χ1v) is 10.7. The zero-order valence-corrected chi connectivity index (χ0v) is 17.3. The zero-order valence-electron chi connectivity index (χ0n) is 17.3. The van der Waals surface area contributed by atoms with Crippen LogP contribution < -0.4 is 5.73 Å². The molecule has 0 aromatic heterocycles. The highest BCUT2D eigenvalue weighted by Gasteiger charge is 2.88. The third-order valence-corrected chi connectivity index (χ3v) is 9.04. The van der Waals surface area contributed by atoms with E-state index in [2.05, 4.69) is 6.58 Å². The molecule has 4 bridgehead atoms. The van der Waals surface area contributed by atoms with Crippen LogP contribution >= 0.6 is 0 Å². The molecular weight excluding hydrogens is 390 g/mol. The van der Waals surface area contributed by atoms with Crippen molar-refractivity contribution in [3.05, 3.63) is 12.2 Å². The van der Waals surface area contributed by atoms with Crippen LogP contribution in [0.25, 0.3) is 0 Å².